The van der Waals surface area contributed by atoms with Crippen molar-refractivity contribution in [3.05, 3.63) is 40.7 Å². The number of rotatable bonds is 3. The Morgan fingerprint density at radius 1 is 1.32 bits per heavy atom. The van der Waals surface area contributed by atoms with E-state index in [-0.39, 0.29) is 28.7 Å². The van der Waals surface area contributed by atoms with Crippen LogP contribution in [0.1, 0.15) is 23.1 Å². The van der Waals surface area contributed by atoms with Gasteiger partial charge >= 0.3 is 0 Å². The topological polar surface area (TPSA) is 115 Å². The van der Waals surface area contributed by atoms with Gasteiger partial charge in [-0.15, -0.1) is 0 Å². The van der Waals surface area contributed by atoms with E-state index in [9.17, 15) is 23.0 Å². The smallest absolute Gasteiger partial charge is 0.229 e. The lowest BCUT2D eigenvalue weighted by Gasteiger charge is -2.13. The van der Waals surface area contributed by atoms with Crippen molar-refractivity contribution in [2.24, 2.45) is 0 Å². The molecule has 1 aromatic heterocycles. The first-order valence-electron chi connectivity index (χ1n) is 7.26. The SMILES string of the molecule is CS(=O)(=O)Nc1cc(-n2c(O)c3c(c2O)CCC=C3)c(F)cc1C#N. The highest BCUT2D eigenvalue weighted by Gasteiger charge is 2.25. The first-order valence-corrected chi connectivity index (χ1v) is 9.16. The average Bonchev–Trinajstić information content (AvgIpc) is 2.79. The monoisotopic (exact) mass is 363 g/mol. The number of nitriles is 1. The van der Waals surface area contributed by atoms with Gasteiger partial charge in [-0.25, -0.2) is 17.4 Å². The molecule has 25 heavy (non-hydrogen) atoms. The van der Waals surface area contributed by atoms with Gasteiger partial charge in [-0.05, 0) is 25.0 Å². The van der Waals surface area contributed by atoms with Gasteiger partial charge in [0.05, 0.1) is 23.2 Å². The quantitative estimate of drug-likeness (QED) is 0.773. The summed E-state index contributed by atoms with van der Waals surface area (Å²) in [6.45, 7) is 0. The molecule has 0 atom stereocenters. The summed E-state index contributed by atoms with van der Waals surface area (Å²) in [5, 5.41) is 29.8. The van der Waals surface area contributed by atoms with Gasteiger partial charge in [0.1, 0.15) is 11.9 Å². The third kappa shape index (κ3) is 2.92. The molecule has 0 radical (unpaired) electrons. The average molecular weight is 363 g/mol. The summed E-state index contributed by atoms with van der Waals surface area (Å²) in [7, 11) is -3.71. The minimum atomic E-state index is -3.71. The van der Waals surface area contributed by atoms with Crippen LogP contribution < -0.4 is 4.72 Å². The Morgan fingerprint density at radius 2 is 2.04 bits per heavy atom. The molecule has 1 aromatic carbocycles. The molecule has 7 nitrogen and oxygen atoms in total. The summed E-state index contributed by atoms with van der Waals surface area (Å²) >= 11 is 0. The molecule has 1 aliphatic rings. The number of hydrogen-bond acceptors (Lipinski definition) is 5. The van der Waals surface area contributed by atoms with E-state index in [0.29, 0.717) is 24.0 Å². The molecule has 0 saturated carbocycles. The van der Waals surface area contributed by atoms with Crippen LogP contribution in [0.3, 0.4) is 0 Å². The van der Waals surface area contributed by atoms with Crippen molar-refractivity contribution in [2.75, 3.05) is 11.0 Å². The lowest BCUT2D eigenvalue weighted by atomic mass is 10.0. The Labute approximate surface area is 143 Å². The Balaban J connectivity index is 2.26. The fraction of sp³-hybridized carbons (Fsp3) is 0.188. The number of nitrogens with zero attached hydrogens (tertiary/aromatic N) is 2. The molecule has 0 bridgehead atoms. The molecule has 0 saturated heterocycles. The maximum atomic E-state index is 14.5. The van der Waals surface area contributed by atoms with Gasteiger partial charge in [0.2, 0.25) is 21.8 Å². The summed E-state index contributed by atoms with van der Waals surface area (Å²) in [4.78, 5) is 0. The van der Waals surface area contributed by atoms with Crippen molar-refractivity contribution in [3.8, 4) is 23.5 Å². The lowest BCUT2D eigenvalue weighted by Crippen LogP contribution is -2.12. The standard InChI is InChI=1S/C16H14FN3O4S/c1-25(23,24)19-13-7-14(12(17)6-9(13)8-18)20-15(21)10-4-2-3-5-11(10)16(20)22/h2,4,6-7,19,21-22H,3,5H2,1H3. The normalized spacial score (nSPS) is 13.3. The summed E-state index contributed by atoms with van der Waals surface area (Å²) in [6, 6.07) is 3.61. The Kier molecular flexibility index (Phi) is 3.93. The minimum Gasteiger partial charge on any atom is -0.494 e. The number of anilines is 1. The fourth-order valence-corrected chi connectivity index (χ4v) is 3.37. The third-order valence-corrected chi connectivity index (χ3v) is 4.44. The van der Waals surface area contributed by atoms with Crippen LogP contribution in [0, 0.1) is 17.1 Å². The van der Waals surface area contributed by atoms with Gasteiger partial charge in [-0.3, -0.25) is 4.72 Å². The molecule has 1 heterocycles. The molecular formula is C16H14FN3O4S. The molecule has 3 N–H and O–H groups in total. The van der Waals surface area contributed by atoms with E-state index >= 15 is 0 Å². The fourth-order valence-electron chi connectivity index (χ4n) is 2.80. The van der Waals surface area contributed by atoms with Gasteiger partial charge in [0.15, 0.2) is 0 Å². The molecule has 130 valence electrons. The predicted octanol–water partition coefficient (Wildman–Crippen LogP) is 2.23. The van der Waals surface area contributed by atoms with Crippen molar-refractivity contribution in [3.63, 3.8) is 0 Å². The van der Waals surface area contributed by atoms with E-state index in [0.717, 1.165) is 23.0 Å². The zero-order valence-corrected chi connectivity index (χ0v) is 13.9. The number of hydrogen-bond donors (Lipinski definition) is 3. The molecule has 1 aliphatic carbocycles. The highest BCUT2D eigenvalue weighted by Crippen LogP contribution is 2.41. The molecule has 9 heteroatoms. The van der Waals surface area contributed by atoms with Crippen molar-refractivity contribution in [1.82, 2.24) is 4.57 Å². The third-order valence-electron chi connectivity index (χ3n) is 3.85. The van der Waals surface area contributed by atoms with Gasteiger partial charge in [0, 0.05) is 11.1 Å². The first-order chi connectivity index (χ1) is 11.7. The van der Waals surface area contributed by atoms with Crippen molar-refractivity contribution < 1.29 is 23.0 Å². The van der Waals surface area contributed by atoms with Crippen molar-refractivity contribution in [1.29, 1.82) is 5.26 Å². The Hall–Kier alpha value is -2.99. The number of benzene rings is 1. The van der Waals surface area contributed by atoms with Crippen LogP contribution in [-0.2, 0) is 16.4 Å². The second-order valence-electron chi connectivity index (χ2n) is 5.65. The van der Waals surface area contributed by atoms with E-state index in [4.69, 9.17) is 5.26 Å². The molecule has 0 spiro atoms. The maximum Gasteiger partial charge on any atom is 0.229 e. The number of allylic oxidation sites excluding steroid dienone is 1. The van der Waals surface area contributed by atoms with Crippen LogP contribution in [0.4, 0.5) is 10.1 Å². The molecule has 3 rings (SSSR count). The van der Waals surface area contributed by atoms with Gasteiger partial charge in [-0.1, -0.05) is 12.2 Å². The largest absolute Gasteiger partial charge is 0.494 e. The highest BCUT2D eigenvalue weighted by atomic mass is 32.2. The second kappa shape index (κ2) is 5.82. The van der Waals surface area contributed by atoms with E-state index in [1.54, 1.807) is 12.1 Å². The zero-order chi connectivity index (χ0) is 18.4. The molecule has 0 fully saturated rings. The van der Waals surface area contributed by atoms with Crippen LogP contribution in [0.2, 0.25) is 0 Å². The summed E-state index contributed by atoms with van der Waals surface area (Å²) in [6.07, 6.45) is 5.48. The van der Waals surface area contributed by atoms with Gasteiger partial charge < -0.3 is 10.2 Å². The Morgan fingerprint density at radius 3 is 2.64 bits per heavy atom. The molecular weight excluding hydrogens is 349 g/mol. The van der Waals surface area contributed by atoms with Crippen LogP contribution in [0.25, 0.3) is 11.8 Å². The summed E-state index contributed by atoms with van der Waals surface area (Å²) in [5.41, 5.74) is 0.208. The van der Waals surface area contributed by atoms with Crippen molar-refractivity contribution >= 4 is 21.8 Å². The number of fused-ring (bicyclic) bond motifs is 1. The number of nitrogens with one attached hydrogen (secondary N) is 1. The first kappa shape index (κ1) is 16.9. The number of halogens is 1. The van der Waals surface area contributed by atoms with Crippen molar-refractivity contribution in [2.45, 2.75) is 12.8 Å². The molecule has 0 aliphatic heterocycles. The van der Waals surface area contributed by atoms with Crippen LogP contribution in [-0.4, -0.2) is 29.5 Å². The zero-order valence-electron chi connectivity index (χ0n) is 13.1. The number of aromatic nitrogens is 1. The maximum absolute atomic E-state index is 14.5. The van der Waals surface area contributed by atoms with Crippen LogP contribution in [0.5, 0.6) is 11.8 Å². The van der Waals surface area contributed by atoms with E-state index in [1.165, 1.54) is 0 Å². The predicted molar refractivity (Wildman–Crippen MR) is 89.6 cm³/mol. The lowest BCUT2D eigenvalue weighted by molar-refractivity contribution is 0.397. The van der Waals surface area contributed by atoms with Crippen LogP contribution >= 0.6 is 0 Å². The van der Waals surface area contributed by atoms with Gasteiger partial charge in [0.25, 0.3) is 0 Å². The Bertz CT molecular complexity index is 1050. The van der Waals surface area contributed by atoms with Gasteiger partial charge in [-0.2, -0.15) is 5.26 Å². The summed E-state index contributed by atoms with van der Waals surface area (Å²) < 4.78 is 40.4. The summed E-state index contributed by atoms with van der Waals surface area (Å²) in [5.74, 6) is -1.58. The molecule has 2 aromatic rings. The highest BCUT2D eigenvalue weighted by molar-refractivity contribution is 7.92. The van der Waals surface area contributed by atoms with E-state index in [2.05, 4.69) is 4.72 Å². The molecule has 0 unspecified atom stereocenters. The molecule has 0 amide bonds. The van der Waals surface area contributed by atoms with E-state index < -0.39 is 15.8 Å². The number of sulfonamides is 1. The minimum absolute atomic E-state index is 0.151. The number of aromatic hydroxyl groups is 2. The van der Waals surface area contributed by atoms with Crippen LogP contribution in [0.15, 0.2) is 18.2 Å². The van der Waals surface area contributed by atoms with E-state index in [1.807, 2.05) is 6.08 Å². The second-order valence-corrected chi connectivity index (χ2v) is 7.40.